The molecule has 0 aliphatic heterocycles. The Hall–Kier alpha value is -4.10. The maximum atomic E-state index is 3.70. The molecule has 0 unspecified atom stereocenters. The molecule has 5 aromatic rings. The van der Waals surface area contributed by atoms with Gasteiger partial charge in [-0.2, -0.15) is 0 Å². The number of para-hydroxylation sites is 1. The van der Waals surface area contributed by atoms with Crippen LogP contribution in [-0.2, 0) is 5.41 Å². The van der Waals surface area contributed by atoms with Gasteiger partial charge in [0.05, 0.1) is 0 Å². The Morgan fingerprint density at radius 3 is 1.91 bits per heavy atom. The second-order valence-electron chi connectivity index (χ2n) is 9.55. The molecule has 0 fully saturated rings. The van der Waals surface area contributed by atoms with Crippen molar-refractivity contribution in [2.75, 3.05) is 5.32 Å². The van der Waals surface area contributed by atoms with E-state index in [0.717, 1.165) is 11.4 Å². The predicted octanol–water partition coefficient (Wildman–Crippen LogP) is 9.07. The summed E-state index contributed by atoms with van der Waals surface area (Å²) in [5.41, 5.74) is 12.6. The molecule has 0 aromatic heterocycles. The average Bonchev–Trinajstić information content (AvgIpc) is 3.11. The maximum Gasteiger partial charge on any atom is 0.0463 e. The molecule has 0 spiro atoms. The lowest BCUT2D eigenvalue weighted by atomic mass is 9.82. The first-order valence-electron chi connectivity index (χ1n) is 11.9. The van der Waals surface area contributed by atoms with Gasteiger partial charge in [0.1, 0.15) is 0 Å². The summed E-state index contributed by atoms with van der Waals surface area (Å²) in [5.74, 6) is 0. The SMILES string of the molecule is CC1(C)c2ccc(-c3ccccc3)cc2-c2ccc(Nc3ccccc3-c3ccccc3)cc21. The van der Waals surface area contributed by atoms with Gasteiger partial charge in [0.15, 0.2) is 0 Å². The lowest BCUT2D eigenvalue weighted by Crippen LogP contribution is -2.15. The number of hydrogen-bond donors (Lipinski definition) is 1. The first-order chi connectivity index (χ1) is 16.6. The van der Waals surface area contributed by atoms with Gasteiger partial charge in [-0.25, -0.2) is 0 Å². The van der Waals surface area contributed by atoms with Crippen LogP contribution >= 0.6 is 0 Å². The van der Waals surface area contributed by atoms with Gasteiger partial charge < -0.3 is 5.32 Å². The van der Waals surface area contributed by atoms with Gasteiger partial charge >= 0.3 is 0 Å². The fourth-order valence-corrected chi connectivity index (χ4v) is 5.26. The minimum absolute atomic E-state index is 0.0451. The number of rotatable bonds is 4. The Labute approximate surface area is 201 Å². The highest BCUT2D eigenvalue weighted by Gasteiger charge is 2.35. The van der Waals surface area contributed by atoms with E-state index in [1.165, 1.54) is 44.5 Å². The molecule has 164 valence electrons. The fraction of sp³-hybridized carbons (Fsp3) is 0.0909. The van der Waals surface area contributed by atoms with Crippen LogP contribution in [0.4, 0.5) is 11.4 Å². The molecule has 1 aliphatic rings. The molecule has 6 rings (SSSR count). The molecule has 1 heteroatoms. The van der Waals surface area contributed by atoms with Crippen molar-refractivity contribution in [1.29, 1.82) is 0 Å². The zero-order valence-electron chi connectivity index (χ0n) is 19.5. The van der Waals surface area contributed by atoms with Crippen molar-refractivity contribution in [3.63, 3.8) is 0 Å². The Balaban J connectivity index is 1.39. The summed E-state index contributed by atoms with van der Waals surface area (Å²) in [6, 6.07) is 43.5. The Bertz CT molecular complexity index is 1480. The van der Waals surface area contributed by atoms with Crippen LogP contribution in [0.15, 0.2) is 121 Å². The van der Waals surface area contributed by atoms with Crippen molar-refractivity contribution in [1.82, 2.24) is 0 Å². The van der Waals surface area contributed by atoms with E-state index < -0.39 is 0 Å². The zero-order valence-corrected chi connectivity index (χ0v) is 19.5. The topological polar surface area (TPSA) is 12.0 Å². The van der Waals surface area contributed by atoms with E-state index in [1.54, 1.807) is 0 Å². The van der Waals surface area contributed by atoms with Crippen molar-refractivity contribution in [2.45, 2.75) is 19.3 Å². The second-order valence-corrected chi connectivity index (χ2v) is 9.55. The molecule has 0 amide bonds. The molecule has 0 saturated heterocycles. The number of hydrogen-bond acceptors (Lipinski definition) is 1. The molecule has 0 radical (unpaired) electrons. The predicted molar refractivity (Wildman–Crippen MR) is 145 cm³/mol. The highest BCUT2D eigenvalue weighted by Crippen LogP contribution is 2.50. The van der Waals surface area contributed by atoms with Crippen LogP contribution in [0.2, 0.25) is 0 Å². The summed E-state index contributed by atoms with van der Waals surface area (Å²) in [7, 11) is 0. The van der Waals surface area contributed by atoms with Crippen molar-refractivity contribution in [2.24, 2.45) is 0 Å². The number of benzene rings is 5. The van der Waals surface area contributed by atoms with Crippen molar-refractivity contribution in [3.05, 3.63) is 132 Å². The van der Waals surface area contributed by atoms with E-state index in [-0.39, 0.29) is 5.41 Å². The van der Waals surface area contributed by atoms with E-state index >= 15 is 0 Å². The van der Waals surface area contributed by atoms with E-state index in [1.807, 2.05) is 0 Å². The summed E-state index contributed by atoms with van der Waals surface area (Å²) >= 11 is 0. The third-order valence-electron chi connectivity index (χ3n) is 7.07. The summed E-state index contributed by atoms with van der Waals surface area (Å²) in [5, 5.41) is 3.70. The normalized spacial score (nSPS) is 13.2. The third-order valence-corrected chi connectivity index (χ3v) is 7.07. The van der Waals surface area contributed by atoms with E-state index in [4.69, 9.17) is 0 Å². The van der Waals surface area contributed by atoms with Crippen molar-refractivity contribution < 1.29 is 0 Å². The zero-order chi connectivity index (χ0) is 23.1. The van der Waals surface area contributed by atoms with E-state index in [2.05, 4.69) is 140 Å². The molecule has 0 saturated carbocycles. The quantitative estimate of drug-likeness (QED) is 0.296. The monoisotopic (exact) mass is 437 g/mol. The van der Waals surface area contributed by atoms with Crippen molar-refractivity contribution in [3.8, 4) is 33.4 Å². The van der Waals surface area contributed by atoms with Crippen LogP contribution in [-0.4, -0.2) is 0 Å². The van der Waals surface area contributed by atoms with Gasteiger partial charge in [-0.1, -0.05) is 111 Å². The van der Waals surface area contributed by atoms with Crippen LogP contribution in [0.3, 0.4) is 0 Å². The van der Waals surface area contributed by atoms with E-state index in [9.17, 15) is 0 Å². The first-order valence-corrected chi connectivity index (χ1v) is 11.9. The molecule has 1 nitrogen and oxygen atoms in total. The average molecular weight is 438 g/mol. The molecule has 5 aromatic carbocycles. The largest absolute Gasteiger partial charge is 0.355 e. The van der Waals surface area contributed by atoms with Crippen LogP contribution in [0.5, 0.6) is 0 Å². The molecule has 0 heterocycles. The van der Waals surface area contributed by atoms with Crippen LogP contribution in [0.25, 0.3) is 33.4 Å². The summed E-state index contributed by atoms with van der Waals surface area (Å²) in [6.45, 7) is 4.67. The summed E-state index contributed by atoms with van der Waals surface area (Å²) in [4.78, 5) is 0. The van der Waals surface area contributed by atoms with Gasteiger partial charge in [-0.15, -0.1) is 0 Å². The highest BCUT2D eigenvalue weighted by molar-refractivity contribution is 5.87. The minimum atomic E-state index is -0.0451. The maximum absolute atomic E-state index is 3.70. The van der Waals surface area contributed by atoms with E-state index in [0.29, 0.717) is 0 Å². The lowest BCUT2D eigenvalue weighted by molar-refractivity contribution is 0.660. The minimum Gasteiger partial charge on any atom is -0.355 e. The Morgan fingerprint density at radius 1 is 0.471 bits per heavy atom. The van der Waals surface area contributed by atoms with Gasteiger partial charge in [0, 0.05) is 22.4 Å². The second kappa shape index (κ2) is 8.04. The fourth-order valence-electron chi connectivity index (χ4n) is 5.26. The smallest absolute Gasteiger partial charge is 0.0463 e. The molecule has 1 N–H and O–H groups in total. The molecule has 0 bridgehead atoms. The highest BCUT2D eigenvalue weighted by atomic mass is 14.9. The van der Waals surface area contributed by atoms with Crippen LogP contribution in [0, 0.1) is 0 Å². The molecule has 1 aliphatic carbocycles. The number of nitrogens with one attached hydrogen (secondary N) is 1. The Morgan fingerprint density at radius 2 is 1.15 bits per heavy atom. The Kier molecular flexibility index (Phi) is 4.85. The van der Waals surface area contributed by atoms with Gasteiger partial charge in [-0.05, 0) is 63.2 Å². The third kappa shape index (κ3) is 3.41. The number of fused-ring (bicyclic) bond motifs is 3. The lowest BCUT2D eigenvalue weighted by Gasteiger charge is -2.22. The molecule has 34 heavy (non-hydrogen) atoms. The van der Waals surface area contributed by atoms with Gasteiger partial charge in [-0.3, -0.25) is 0 Å². The molecular weight excluding hydrogens is 410 g/mol. The van der Waals surface area contributed by atoms with Gasteiger partial charge in [0.25, 0.3) is 0 Å². The molecule has 0 atom stereocenters. The van der Waals surface area contributed by atoms with Crippen LogP contribution in [0.1, 0.15) is 25.0 Å². The standard InChI is InChI=1S/C33H27N/c1-33(2)30-20-17-25(23-11-5-3-6-12-23)21-29(30)28-19-18-26(22-31(28)33)34-32-16-10-9-15-27(32)24-13-7-4-8-14-24/h3-22,34H,1-2H3. The van der Waals surface area contributed by atoms with Crippen LogP contribution < -0.4 is 5.32 Å². The summed E-state index contributed by atoms with van der Waals surface area (Å²) < 4.78 is 0. The molecular formula is C33H27N. The number of anilines is 2. The first kappa shape index (κ1) is 20.5. The van der Waals surface area contributed by atoms with Crippen molar-refractivity contribution >= 4 is 11.4 Å². The summed E-state index contributed by atoms with van der Waals surface area (Å²) in [6.07, 6.45) is 0. The van der Waals surface area contributed by atoms with Gasteiger partial charge in [0.2, 0.25) is 0 Å².